The molecule has 7 nitrogen and oxygen atoms in total. The summed E-state index contributed by atoms with van der Waals surface area (Å²) in [5.74, 6) is -0.828. The molecule has 0 aliphatic rings. The van der Waals surface area contributed by atoms with Crippen LogP contribution in [0.25, 0.3) is 0 Å². The third-order valence-electron chi connectivity index (χ3n) is 2.34. The minimum absolute atomic E-state index is 0.116. The highest BCUT2D eigenvalue weighted by molar-refractivity contribution is 7.88. The molecule has 0 radical (unpaired) electrons. The molecule has 1 amide bonds. The van der Waals surface area contributed by atoms with E-state index in [1.807, 2.05) is 0 Å². The average molecular weight is 300 g/mol. The number of hydrogen-bond donors (Lipinski definition) is 2. The number of carbonyl (C=O) groups is 2. The van der Waals surface area contributed by atoms with Crippen molar-refractivity contribution in [2.45, 2.75) is 0 Å². The van der Waals surface area contributed by atoms with Gasteiger partial charge in [-0.25, -0.2) is 17.9 Å². The van der Waals surface area contributed by atoms with Crippen LogP contribution in [0.15, 0.2) is 24.3 Å². The highest BCUT2D eigenvalue weighted by Crippen LogP contribution is 2.05. The summed E-state index contributed by atoms with van der Waals surface area (Å²) >= 11 is 0. The van der Waals surface area contributed by atoms with Crippen molar-refractivity contribution >= 4 is 21.9 Å². The Balaban J connectivity index is 2.50. The molecule has 0 unspecified atom stereocenters. The van der Waals surface area contributed by atoms with Crippen molar-refractivity contribution < 1.29 is 22.7 Å². The van der Waals surface area contributed by atoms with Gasteiger partial charge in [0.2, 0.25) is 10.0 Å². The first kappa shape index (κ1) is 16.1. The lowest BCUT2D eigenvalue weighted by molar-refractivity contribution is 0.0600. The highest BCUT2D eigenvalue weighted by Gasteiger charge is 2.08. The highest BCUT2D eigenvalue weighted by atomic mass is 32.2. The normalized spacial score (nSPS) is 10.9. The number of rotatable bonds is 6. The monoisotopic (exact) mass is 300 g/mol. The van der Waals surface area contributed by atoms with Crippen LogP contribution in [0, 0.1) is 0 Å². The van der Waals surface area contributed by atoms with Crippen LogP contribution < -0.4 is 10.0 Å². The van der Waals surface area contributed by atoms with Gasteiger partial charge in [0.15, 0.2) is 0 Å². The van der Waals surface area contributed by atoms with Crippen LogP contribution in [0.3, 0.4) is 0 Å². The first-order valence-electron chi connectivity index (χ1n) is 5.74. The van der Waals surface area contributed by atoms with E-state index in [1.54, 1.807) is 0 Å². The molecule has 0 spiro atoms. The first-order valence-corrected chi connectivity index (χ1v) is 7.64. The van der Waals surface area contributed by atoms with Crippen LogP contribution in [0.1, 0.15) is 20.7 Å². The molecular formula is C12H16N2O5S. The van der Waals surface area contributed by atoms with E-state index >= 15 is 0 Å². The topological polar surface area (TPSA) is 102 Å². The number of sulfonamides is 1. The average Bonchev–Trinajstić information content (AvgIpc) is 2.41. The van der Waals surface area contributed by atoms with Gasteiger partial charge in [0, 0.05) is 18.7 Å². The molecule has 0 aliphatic carbocycles. The molecule has 1 aromatic rings. The number of carbonyl (C=O) groups excluding carboxylic acids is 2. The maximum absolute atomic E-state index is 11.7. The Hall–Kier alpha value is -1.93. The van der Waals surface area contributed by atoms with Crippen LogP contribution in [0.4, 0.5) is 0 Å². The van der Waals surface area contributed by atoms with Crippen LogP contribution >= 0.6 is 0 Å². The Bertz CT molecular complexity index is 580. The second-order valence-electron chi connectivity index (χ2n) is 3.99. The van der Waals surface area contributed by atoms with E-state index in [-0.39, 0.29) is 19.0 Å². The fourth-order valence-electron chi connectivity index (χ4n) is 1.39. The van der Waals surface area contributed by atoms with Gasteiger partial charge < -0.3 is 10.1 Å². The number of benzene rings is 1. The molecule has 0 heterocycles. The molecule has 0 saturated heterocycles. The summed E-state index contributed by atoms with van der Waals surface area (Å²) in [5, 5.41) is 2.55. The van der Waals surface area contributed by atoms with E-state index in [0.29, 0.717) is 11.1 Å². The lowest BCUT2D eigenvalue weighted by Gasteiger charge is -2.06. The SMILES string of the molecule is COC(=O)c1ccc(C(=O)NCCNS(C)(=O)=O)cc1. The fraction of sp³-hybridized carbons (Fsp3) is 0.333. The van der Waals surface area contributed by atoms with Gasteiger partial charge in [-0.1, -0.05) is 0 Å². The minimum atomic E-state index is -3.26. The Morgan fingerprint density at radius 3 is 2.15 bits per heavy atom. The van der Waals surface area contributed by atoms with Crippen molar-refractivity contribution in [3.63, 3.8) is 0 Å². The Morgan fingerprint density at radius 1 is 1.10 bits per heavy atom. The summed E-state index contributed by atoms with van der Waals surface area (Å²) < 4.78 is 28.4. The summed E-state index contributed by atoms with van der Waals surface area (Å²) in [6.45, 7) is 0.287. The van der Waals surface area contributed by atoms with Gasteiger partial charge >= 0.3 is 5.97 Å². The molecule has 0 fully saturated rings. The molecule has 0 atom stereocenters. The smallest absolute Gasteiger partial charge is 0.337 e. The van der Waals surface area contributed by atoms with Gasteiger partial charge in [-0.05, 0) is 24.3 Å². The quantitative estimate of drug-likeness (QED) is 0.557. The van der Waals surface area contributed by atoms with E-state index in [2.05, 4.69) is 14.8 Å². The summed E-state index contributed by atoms with van der Waals surface area (Å²) in [6, 6.07) is 5.95. The first-order chi connectivity index (χ1) is 9.33. The van der Waals surface area contributed by atoms with Crippen molar-refractivity contribution in [3.8, 4) is 0 Å². The Kier molecular flexibility index (Phi) is 5.66. The molecular weight excluding hydrogens is 284 g/mol. The molecule has 2 N–H and O–H groups in total. The third kappa shape index (κ3) is 5.37. The number of nitrogens with one attached hydrogen (secondary N) is 2. The zero-order chi connectivity index (χ0) is 15.2. The fourth-order valence-corrected chi connectivity index (χ4v) is 1.86. The molecule has 0 saturated carbocycles. The Morgan fingerprint density at radius 2 is 1.65 bits per heavy atom. The lowest BCUT2D eigenvalue weighted by Crippen LogP contribution is -2.34. The standard InChI is InChI=1S/C12H16N2O5S/c1-19-12(16)10-5-3-9(4-6-10)11(15)13-7-8-14-20(2,17)18/h3-6,14H,7-8H2,1-2H3,(H,13,15). The van der Waals surface area contributed by atoms with Gasteiger partial charge in [-0.15, -0.1) is 0 Å². The molecule has 1 aromatic carbocycles. The maximum atomic E-state index is 11.7. The number of amides is 1. The van der Waals surface area contributed by atoms with E-state index in [4.69, 9.17) is 0 Å². The maximum Gasteiger partial charge on any atom is 0.337 e. The van der Waals surface area contributed by atoms with E-state index in [0.717, 1.165) is 6.26 Å². The largest absolute Gasteiger partial charge is 0.465 e. The summed E-state index contributed by atoms with van der Waals surface area (Å²) in [4.78, 5) is 22.9. The van der Waals surface area contributed by atoms with Gasteiger partial charge in [-0.3, -0.25) is 4.79 Å². The van der Waals surface area contributed by atoms with Crippen molar-refractivity contribution in [2.24, 2.45) is 0 Å². The van der Waals surface area contributed by atoms with E-state index in [9.17, 15) is 18.0 Å². The zero-order valence-electron chi connectivity index (χ0n) is 11.2. The molecule has 0 aliphatic heterocycles. The van der Waals surface area contributed by atoms with E-state index in [1.165, 1.54) is 31.4 Å². The van der Waals surface area contributed by atoms with Crippen LogP contribution in [-0.4, -0.2) is 46.7 Å². The molecule has 0 aromatic heterocycles. The number of hydrogen-bond acceptors (Lipinski definition) is 5. The lowest BCUT2D eigenvalue weighted by atomic mass is 10.1. The van der Waals surface area contributed by atoms with E-state index < -0.39 is 16.0 Å². The van der Waals surface area contributed by atoms with Crippen LogP contribution in [-0.2, 0) is 14.8 Å². The van der Waals surface area contributed by atoms with Crippen LogP contribution in [0.5, 0.6) is 0 Å². The second-order valence-corrected chi connectivity index (χ2v) is 5.82. The summed E-state index contributed by atoms with van der Waals surface area (Å²) in [6.07, 6.45) is 1.04. The van der Waals surface area contributed by atoms with Gasteiger partial charge in [0.05, 0.1) is 18.9 Å². The molecule has 1 rings (SSSR count). The third-order valence-corrected chi connectivity index (χ3v) is 3.07. The second kappa shape index (κ2) is 7.01. The minimum Gasteiger partial charge on any atom is -0.465 e. The van der Waals surface area contributed by atoms with Crippen molar-refractivity contribution in [3.05, 3.63) is 35.4 Å². The number of esters is 1. The van der Waals surface area contributed by atoms with Crippen molar-refractivity contribution in [1.29, 1.82) is 0 Å². The van der Waals surface area contributed by atoms with Gasteiger partial charge in [-0.2, -0.15) is 0 Å². The van der Waals surface area contributed by atoms with Gasteiger partial charge in [0.1, 0.15) is 0 Å². The summed E-state index contributed by atoms with van der Waals surface area (Å²) in [7, 11) is -1.98. The van der Waals surface area contributed by atoms with Gasteiger partial charge in [0.25, 0.3) is 5.91 Å². The number of methoxy groups -OCH3 is 1. The molecule has 20 heavy (non-hydrogen) atoms. The predicted octanol–water partition coefficient (Wildman–Crippen LogP) is -0.248. The Labute approximate surface area is 117 Å². The number of ether oxygens (including phenoxy) is 1. The summed E-state index contributed by atoms with van der Waals surface area (Å²) in [5.41, 5.74) is 0.722. The van der Waals surface area contributed by atoms with Crippen LogP contribution in [0.2, 0.25) is 0 Å². The predicted molar refractivity (Wildman–Crippen MR) is 73.0 cm³/mol. The van der Waals surface area contributed by atoms with Crippen molar-refractivity contribution in [2.75, 3.05) is 26.5 Å². The molecule has 8 heteroatoms. The molecule has 110 valence electrons. The van der Waals surface area contributed by atoms with Crippen molar-refractivity contribution in [1.82, 2.24) is 10.0 Å². The zero-order valence-corrected chi connectivity index (χ0v) is 12.0. The molecule has 0 bridgehead atoms.